The van der Waals surface area contributed by atoms with Gasteiger partial charge in [0.25, 0.3) is 5.91 Å². The molecule has 2 aromatic rings. The Morgan fingerprint density at radius 1 is 1.35 bits per heavy atom. The summed E-state index contributed by atoms with van der Waals surface area (Å²) in [5.74, 6) is -2.93. The zero-order valence-corrected chi connectivity index (χ0v) is 19.5. The normalized spacial score (nSPS) is 19.1. The van der Waals surface area contributed by atoms with Crippen molar-refractivity contribution in [2.75, 3.05) is 13.2 Å². The summed E-state index contributed by atoms with van der Waals surface area (Å²) in [4.78, 5) is 24.8. The molecule has 0 radical (unpaired) electrons. The first kappa shape index (κ1) is 25.3. The molecule has 1 aliphatic rings. The van der Waals surface area contributed by atoms with Crippen LogP contribution >= 0.6 is 23.2 Å². The van der Waals surface area contributed by atoms with E-state index in [1.807, 2.05) is 6.07 Å². The molecule has 0 fully saturated rings. The Balaban J connectivity index is 1.93. The van der Waals surface area contributed by atoms with Crippen LogP contribution in [0.5, 0.6) is 11.5 Å². The summed E-state index contributed by atoms with van der Waals surface area (Å²) in [7, 11) is 0. The maximum atomic E-state index is 15.5. The number of primary amides is 1. The van der Waals surface area contributed by atoms with Crippen LogP contribution in [0.2, 0.25) is 10.0 Å². The number of amides is 2. The third kappa shape index (κ3) is 5.09. The maximum absolute atomic E-state index is 15.5. The van der Waals surface area contributed by atoms with E-state index in [-0.39, 0.29) is 57.9 Å². The molecule has 0 saturated heterocycles. The molecule has 178 valence electrons. The number of aliphatic hydroxyl groups excluding tert-OH is 1. The molecular formula is C23H21Cl2FN4O4. The Morgan fingerprint density at radius 2 is 2.09 bits per heavy atom. The first-order valence-electron chi connectivity index (χ1n) is 10.2. The molecule has 8 nitrogen and oxygen atoms in total. The van der Waals surface area contributed by atoms with Crippen LogP contribution in [0, 0.1) is 23.1 Å². The number of hydrogen-bond donors (Lipinski definition) is 4. The molecule has 2 unspecified atom stereocenters. The Labute approximate surface area is 205 Å². The second-order valence-corrected chi connectivity index (χ2v) is 8.57. The summed E-state index contributed by atoms with van der Waals surface area (Å²) >= 11 is 12.2. The lowest BCUT2D eigenvalue weighted by Gasteiger charge is -2.32. The van der Waals surface area contributed by atoms with Crippen LogP contribution in [-0.4, -0.2) is 35.6 Å². The van der Waals surface area contributed by atoms with Gasteiger partial charge in [-0.2, -0.15) is 5.26 Å². The second-order valence-electron chi connectivity index (χ2n) is 7.72. The molecule has 11 heteroatoms. The number of rotatable bonds is 8. The summed E-state index contributed by atoms with van der Waals surface area (Å²) in [6.45, 7) is 1.45. The molecular weight excluding hydrogens is 486 g/mol. The van der Waals surface area contributed by atoms with Crippen molar-refractivity contribution in [2.45, 2.75) is 18.9 Å². The summed E-state index contributed by atoms with van der Waals surface area (Å²) in [5.41, 5.74) is 4.56. The molecule has 34 heavy (non-hydrogen) atoms. The van der Waals surface area contributed by atoms with Gasteiger partial charge in [-0.1, -0.05) is 36.2 Å². The minimum Gasteiger partial charge on any atom is -0.453 e. The van der Waals surface area contributed by atoms with E-state index in [2.05, 4.69) is 10.6 Å². The van der Waals surface area contributed by atoms with Gasteiger partial charge in [-0.3, -0.25) is 9.59 Å². The van der Waals surface area contributed by atoms with Crippen LogP contribution in [0.3, 0.4) is 0 Å². The standard InChI is InChI=1S/C23H21Cl2FN4O4/c1-12-6-18(21(32)29-4-5-31)30-23(12,22(28)33)10-14-2-3-17(25)20(19(14)26)34-16-8-13(11-27)7-15(24)9-16/h2-3,6-9,12,30-31H,4-5,10H2,1H3,(H2,28,33)(H,29,32). The number of carbonyl (C=O) groups excluding carboxylic acids is 2. The minimum absolute atomic E-state index is 0.0271. The number of hydrogen-bond acceptors (Lipinski definition) is 6. The fourth-order valence-corrected chi connectivity index (χ4v) is 4.08. The monoisotopic (exact) mass is 506 g/mol. The van der Waals surface area contributed by atoms with E-state index in [1.165, 1.54) is 36.4 Å². The van der Waals surface area contributed by atoms with Crippen molar-refractivity contribution < 1.29 is 23.8 Å². The molecule has 2 amide bonds. The van der Waals surface area contributed by atoms with E-state index >= 15 is 4.39 Å². The van der Waals surface area contributed by atoms with Crippen LogP contribution < -0.4 is 21.1 Å². The molecule has 0 aromatic heterocycles. The van der Waals surface area contributed by atoms with Gasteiger partial charge in [-0.05, 0) is 35.9 Å². The third-order valence-electron chi connectivity index (χ3n) is 5.45. The largest absolute Gasteiger partial charge is 0.453 e. The van der Waals surface area contributed by atoms with Crippen molar-refractivity contribution in [3.63, 3.8) is 0 Å². The number of aliphatic hydroxyl groups is 1. The van der Waals surface area contributed by atoms with Crippen LogP contribution in [0.15, 0.2) is 42.1 Å². The molecule has 0 bridgehead atoms. The summed E-state index contributed by atoms with van der Waals surface area (Å²) in [6, 6.07) is 8.93. The van der Waals surface area contributed by atoms with Crippen molar-refractivity contribution in [1.29, 1.82) is 5.26 Å². The molecule has 1 aliphatic heterocycles. The summed E-state index contributed by atoms with van der Waals surface area (Å²) < 4.78 is 21.1. The van der Waals surface area contributed by atoms with Gasteiger partial charge in [-0.15, -0.1) is 0 Å². The molecule has 0 aliphatic carbocycles. The van der Waals surface area contributed by atoms with E-state index in [1.54, 1.807) is 6.92 Å². The first-order valence-corrected chi connectivity index (χ1v) is 10.9. The number of nitrogens with zero attached hydrogens (tertiary/aromatic N) is 1. The van der Waals surface area contributed by atoms with Gasteiger partial charge in [0.1, 0.15) is 11.3 Å². The maximum Gasteiger partial charge on any atom is 0.267 e. The van der Waals surface area contributed by atoms with Gasteiger partial charge >= 0.3 is 0 Å². The lowest BCUT2D eigenvalue weighted by molar-refractivity contribution is -0.125. The second kappa shape index (κ2) is 10.3. The minimum atomic E-state index is -1.50. The molecule has 0 saturated carbocycles. The van der Waals surface area contributed by atoms with Crippen molar-refractivity contribution >= 4 is 35.0 Å². The third-order valence-corrected chi connectivity index (χ3v) is 5.97. The number of nitriles is 1. The Morgan fingerprint density at radius 3 is 2.74 bits per heavy atom. The van der Waals surface area contributed by atoms with Crippen LogP contribution in [-0.2, 0) is 16.0 Å². The zero-order valence-electron chi connectivity index (χ0n) is 18.0. The number of ether oxygens (including phenoxy) is 1. The average Bonchev–Trinajstić information content (AvgIpc) is 3.13. The fourth-order valence-electron chi connectivity index (χ4n) is 3.67. The predicted molar refractivity (Wildman–Crippen MR) is 124 cm³/mol. The van der Waals surface area contributed by atoms with Crippen molar-refractivity contribution in [2.24, 2.45) is 11.7 Å². The Kier molecular flexibility index (Phi) is 7.67. The van der Waals surface area contributed by atoms with E-state index in [0.717, 1.165) is 0 Å². The SMILES string of the molecule is CC1C=C(C(=O)NCCO)NC1(Cc1ccc(Cl)c(Oc2cc(Cl)cc(C#N)c2)c1F)C(N)=O. The average molecular weight is 507 g/mol. The molecule has 2 aromatic carbocycles. The van der Waals surface area contributed by atoms with Crippen LogP contribution in [0.4, 0.5) is 4.39 Å². The highest BCUT2D eigenvalue weighted by Gasteiger charge is 2.47. The first-order chi connectivity index (χ1) is 16.1. The summed E-state index contributed by atoms with van der Waals surface area (Å²) in [5, 5.41) is 23.5. The highest BCUT2D eigenvalue weighted by Crippen LogP contribution is 2.38. The van der Waals surface area contributed by atoms with Gasteiger partial charge in [0, 0.05) is 23.9 Å². The van der Waals surface area contributed by atoms with Crippen LogP contribution in [0.25, 0.3) is 0 Å². The van der Waals surface area contributed by atoms with Gasteiger partial charge < -0.3 is 26.2 Å². The number of nitrogens with two attached hydrogens (primary N) is 1. The van der Waals surface area contributed by atoms with E-state index < -0.39 is 29.1 Å². The number of benzene rings is 2. The van der Waals surface area contributed by atoms with Gasteiger partial charge in [-0.25, -0.2) is 4.39 Å². The summed E-state index contributed by atoms with van der Waals surface area (Å²) in [6.07, 6.45) is 1.31. The molecule has 1 heterocycles. The molecule has 3 rings (SSSR count). The number of halogens is 3. The number of carbonyl (C=O) groups is 2. The zero-order chi connectivity index (χ0) is 25.0. The van der Waals surface area contributed by atoms with Crippen molar-refractivity contribution in [3.05, 3.63) is 69.1 Å². The van der Waals surface area contributed by atoms with E-state index in [0.29, 0.717) is 0 Å². The molecule has 2 atom stereocenters. The van der Waals surface area contributed by atoms with Gasteiger partial charge in [0.2, 0.25) is 5.91 Å². The molecule has 0 spiro atoms. The quantitative estimate of drug-likeness (QED) is 0.434. The predicted octanol–water partition coefficient (Wildman–Crippen LogP) is 2.79. The Hall–Kier alpha value is -3.32. The van der Waals surface area contributed by atoms with E-state index in [9.17, 15) is 9.59 Å². The fraction of sp³-hybridized carbons (Fsp3) is 0.261. The van der Waals surface area contributed by atoms with Crippen molar-refractivity contribution in [1.82, 2.24) is 10.6 Å². The molecule has 5 N–H and O–H groups in total. The lowest BCUT2D eigenvalue weighted by Crippen LogP contribution is -2.58. The number of nitrogens with one attached hydrogen (secondary N) is 2. The Bertz CT molecular complexity index is 1210. The van der Waals surface area contributed by atoms with Crippen LogP contribution in [0.1, 0.15) is 18.1 Å². The van der Waals surface area contributed by atoms with Crippen molar-refractivity contribution in [3.8, 4) is 17.6 Å². The highest BCUT2D eigenvalue weighted by atomic mass is 35.5. The highest BCUT2D eigenvalue weighted by molar-refractivity contribution is 6.32. The topological polar surface area (TPSA) is 137 Å². The smallest absolute Gasteiger partial charge is 0.267 e. The van der Waals surface area contributed by atoms with Gasteiger partial charge in [0.05, 0.1) is 29.0 Å². The van der Waals surface area contributed by atoms with E-state index in [4.69, 9.17) is 44.0 Å². The van der Waals surface area contributed by atoms with Gasteiger partial charge in [0.15, 0.2) is 11.6 Å². The lowest BCUT2D eigenvalue weighted by atomic mass is 9.81.